The highest BCUT2D eigenvalue weighted by Gasteiger charge is 2.23. The van der Waals surface area contributed by atoms with Crippen molar-refractivity contribution in [1.82, 2.24) is 0 Å². The molecule has 3 nitrogen and oxygen atoms in total. The molecule has 1 aliphatic heterocycles. The number of nitrogens with one attached hydrogen (secondary N) is 1. The number of anilines is 2. The molecule has 0 fully saturated rings. The Morgan fingerprint density at radius 1 is 1.24 bits per heavy atom. The van der Waals surface area contributed by atoms with E-state index >= 15 is 0 Å². The summed E-state index contributed by atoms with van der Waals surface area (Å²) in [7, 11) is 0. The first-order chi connectivity index (χ1) is 10.2. The number of hydrogen-bond acceptors (Lipinski definition) is 2. The van der Waals surface area contributed by atoms with E-state index in [2.05, 4.69) is 43.8 Å². The summed E-state index contributed by atoms with van der Waals surface area (Å²) in [5.74, 6) is 0.0526. The van der Waals surface area contributed by atoms with Crippen LogP contribution in [0.2, 0.25) is 0 Å². The predicted octanol–water partition coefficient (Wildman–Crippen LogP) is 4.52. The first kappa shape index (κ1) is 14.8. The van der Waals surface area contributed by atoms with Crippen molar-refractivity contribution < 1.29 is 4.79 Å². The lowest BCUT2D eigenvalue weighted by Crippen LogP contribution is -2.32. The van der Waals surface area contributed by atoms with Crippen LogP contribution in [0.5, 0.6) is 0 Å². The van der Waals surface area contributed by atoms with Crippen molar-refractivity contribution in [2.75, 3.05) is 23.3 Å². The number of hydrogen-bond donors (Lipinski definition) is 1. The first-order valence-electron chi connectivity index (χ1n) is 6.76. The van der Waals surface area contributed by atoms with E-state index in [9.17, 15) is 4.79 Å². The van der Waals surface area contributed by atoms with Crippen LogP contribution in [0, 0.1) is 3.57 Å². The molecule has 0 aliphatic carbocycles. The Hall–Kier alpha value is -1.08. The van der Waals surface area contributed by atoms with Crippen LogP contribution in [0.1, 0.15) is 16.8 Å². The molecule has 21 heavy (non-hydrogen) atoms. The lowest BCUT2D eigenvalue weighted by molar-refractivity contribution is 0.0986. The predicted molar refractivity (Wildman–Crippen MR) is 98.1 cm³/mol. The van der Waals surface area contributed by atoms with Gasteiger partial charge in [0.2, 0.25) is 0 Å². The molecule has 2 aromatic carbocycles. The lowest BCUT2D eigenvalue weighted by atomic mass is 10.1. The standard InChI is InChI=1S/C16H14BrIN2O/c17-11-6-7-13(18)12(10-11)16(21)20-9-3-8-19-14-4-1-2-5-15(14)20/h1-2,4-7,10,19H,3,8-9H2. The van der Waals surface area contributed by atoms with Crippen LogP contribution < -0.4 is 10.2 Å². The number of benzene rings is 2. The number of amides is 1. The number of carbonyl (C=O) groups is 1. The Bertz CT molecular complexity index is 690. The van der Waals surface area contributed by atoms with Gasteiger partial charge in [-0.1, -0.05) is 28.1 Å². The molecule has 108 valence electrons. The third-order valence-corrected chi connectivity index (χ3v) is 4.91. The Morgan fingerprint density at radius 3 is 2.90 bits per heavy atom. The summed E-state index contributed by atoms with van der Waals surface area (Å²) in [5, 5.41) is 3.38. The summed E-state index contributed by atoms with van der Waals surface area (Å²) in [5.41, 5.74) is 2.71. The van der Waals surface area contributed by atoms with Gasteiger partial charge in [0.15, 0.2) is 0 Å². The van der Waals surface area contributed by atoms with E-state index in [0.717, 1.165) is 44.5 Å². The average Bonchev–Trinajstić information content (AvgIpc) is 2.71. The third kappa shape index (κ3) is 3.08. The second-order valence-corrected chi connectivity index (χ2v) is 6.96. The zero-order valence-corrected chi connectivity index (χ0v) is 15.0. The van der Waals surface area contributed by atoms with Crippen molar-refractivity contribution in [2.24, 2.45) is 0 Å². The summed E-state index contributed by atoms with van der Waals surface area (Å²) >= 11 is 5.66. The summed E-state index contributed by atoms with van der Waals surface area (Å²) in [4.78, 5) is 14.8. The minimum atomic E-state index is 0.0526. The molecule has 2 aromatic rings. The fourth-order valence-corrected chi connectivity index (χ4v) is 3.38. The highest BCUT2D eigenvalue weighted by atomic mass is 127. The molecule has 0 aromatic heterocycles. The maximum atomic E-state index is 13.0. The maximum Gasteiger partial charge on any atom is 0.259 e. The SMILES string of the molecule is O=C(c1cc(Br)ccc1I)N1CCCNc2ccccc21. The highest BCUT2D eigenvalue weighted by molar-refractivity contribution is 14.1. The number of halogens is 2. The zero-order valence-electron chi connectivity index (χ0n) is 11.3. The van der Waals surface area contributed by atoms with Gasteiger partial charge in [-0.3, -0.25) is 4.79 Å². The molecule has 1 aliphatic rings. The third-order valence-electron chi connectivity index (χ3n) is 3.47. The van der Waals surface area contributed by atoms with E-state index in [1.54, 1.807) is 0 Å². The topological polar surface area (TPSA) is 32.3 Å². The van der Waals surface area contributed by atoms with Crippen LogP contribution in [-0.2, 0) is 0 Å². The Balaban J connectivity index is 2.03. The van der Waals surface area contributed by atoms with Crippen molar-refractivity contribution in [3.63, 3.8) is 0 Å². The summed E-state index contributed by atoms with van der Waals surface area (Å²) in [6, 6.07) is 13.8. The second kappa shape index (κ2) is 6.36. The summed E-state index contributed by atoms with van der Waals surface area (Å²) in [6.07, 6.45) is 0.936. The molecule has 0 bridgehead atoms. The average molecular weight is 457 g/mol. The fourth-order valence-electron chi connectivity index (χ4n) is 2.46. The van der Waals surface area contributed by atoms with Gasteiger partial charge in [0, 0.05) is 21.1 Å². The van der Waals surface area contributed by atoms with Gasteiger partial charge in [-0.2, -0.15) is 0 Å². The molecular weight excluding hydrogens is 443 g/mol. The molecule has 0 unspecified atom stereocenters. The highest BCUT2D eigenvalue weighted by Crippen LogP contribution is 2.30. The van der Waals surface area contributed by atoms with Gasteiger partial charge in [-0.25, -0.2) is 0 Å². The summed E-state index contributed by atoms with van der Waals surface area (Å²) < 4.78 is 1.89. The quantitative estimate of drug-likeness (QED) is 0.640. The molecule has 0 spiro atoms. The monoisotopic (exact) mass is 456 g/mol. The normalized spacial score (nSPS) is 14.1. The number of rotatable bonds is 1. The second-order valence-electron chi connectivity index (χ2n) is 4.88. The van der Waals surface area contributed by atoms with E-state index < -0.39 is 0 Å². The number of para-hydroxylation sites is 2. The van der Waals surface area contributed by atoms with Crippen LogP contribution >= 0.6 is 38.5 Å². The number of fused-ring (bicyclic) bond motifs is 1. The first-order valence-corrected chi connectivity index (χ1v) is 8.64. The van der Waals surface area contributed by atoms with Gasteiger partial charge in [-0.15, -0.1) is 0 Å². The van der Waals surface area contributed by atoms with Crippen molar-refractivity contribution >= 4 is 55.8 Å². The van der Waals surface area contributed by atoms with Crippen LogP contribution in [0.15, 0.2) is 46.9 Å². The minimum absolute atomic E-state index is 0.0526. The van der Waals surface area contributed by atoms with Gasteiger partial charge in [0.05, 0.1) is 16.9 Å². The molecule has 0 atom stereocenters. The van der Waals surface area contributed by atoms with Gasteiger partial charge in [-0.05, 0) is 59.3 Å². The van der Waals surface area contributed by atoms with E-state index in [0.29, 0.717) is 0 Å². The van der Waals surface area contributed by atoms with Gasteiger partial charge in [0.1, 0.15) is 0 Å². The molecule has 1 N–H and O–H groups in total. The van der Waals surface area contributed by atoms with E-state index in [1.165, 1.54) is 0 Å². The van der Waals surface area contributed by atoms with E-state index in [1.807, 2.05) is 47.4 Å². The molecule has 3 rings (SSSR count). The number of nitrogens with zero attached hydrogens (tertiary/aromatic N) is 1. The number of carbonyl (C=O) groups excluding carboxylic acids is 1. The molecule has 0 saturated heterocycles. The smallest absolute Gasteiger partial charge is 0.259 e. The lowest BCUT2D eigenvalue weighted by Gasteiger charge is -2.23. The Kier molecular flexibility index (Phi) is 4.49. The molecule has 5 heteroatoms. The van der Waals surface area contributed by atoms with E-state index in [-0.39, 0.29) is 5.91 Å². The molecule has 0 saturated carbocycles. The van der Waals surface area contributed by atoms with Gasteiger partial charge in [0.25, 0.3) is 5.91 Å². The van der Waals surface area contributed by atoms with Gasteiger partial charge < -0.3 is 10.2 Å². The molecule has 0 radical (unpaired) electrons. The van der Waals surface area contributed by atoms with Gasteiger partial charge >= 0.3 is 0 Å². The Labute approximate surface area is 146 Å². The largest absolute Gasteiger partial charge is 0.383 e. The molecule has 1 heterocycles. The van der Waals surface area contributed by atoms with Crippen LogP contribution in [0.4, 0.5) is 11.4 Å². The van der Waals surface area contributed by atoms with Crippen LogP contribution in [0.3, 0.4) is 0 Å². The molecular formula is C16H14BrIN2O. The summed E-state index contributed by atoms with van der Waals surface area (Å²) in [6.45, 7) is 1.61. The maximum absolute atomic E-state index is 13.0. The van der Waals surface area contributed by atoms with Crippen molar-refractivity contribution in [2.45, 2.75) is 6.42 Å². The van der Waals surface area contributed by atoms with Crippen LogP contribution in [-0.4, -0.2) is 19.0 Å². The zero-order chi connectivity index (χ0) is 14.8. The fraction of sp³-hybridized carbons (Fsp3) is 0.188. The minimum Gasteiger partial charge on any atom is -0.383 e. The molecule has 1 amide bonds. The Morgan fingerprint density at radius 2 is 2.05 bits per heavy atom. The van der Waals surface area contributed by atoms with Crippen LogP contribution in [0.25, 0.3) is 0 Å². The van der Waals surface area contributed by atoms with Crippen molar-refractivity contribution in [1.29, 1.82) is 0 Å². The van der Waals surface area contributed by atoms with E-state index in [4.69, 9.17) is 0 Å². The van der Waals surface area contributed by atoms with Crippen molar-refractivity contribution in [3.8, 4) is 0 Å². The van der Waals surface area contributed by atoms with Crippen molar-refractivity contribution in [3.05, 3.63) is 56.1 Å².